The highest BCUT2D eigenvalue weighted by Crippen LogP contribution is 2.41. The van der Waals surface area contributed by atoms with Gasteiger partial charge in [0.2, 0.25) is 6.04 Å². The molecule has 0 aromatic carbocycles. The highest BCUT2D eigenvalue weighted by atomic mass is 31.2. The van der Waals surface area contributed by atoms with Gasteiger partial charge in [-0.3, -0.25) is 9.59 Å². The van der Waals surface area contributed by atoms with Crippen LogP contribution in [-0.4, -0.2) is 66.2 Å². The maximum atomic E-state index is 10.7. The highest BCUT2D eigenvalue weighted by Gasteiger charge is 2.39. The summed E-state index contributed by atoms with van der Waals surface area (Å²) < 4.78 is 4.43. The van der Waals surface area contributed by atoms with Gasteiger partial charge in [-0.05, 0) is 0 Å². The van der Waals surface area contributed by atoms with Crippen LogP contribution in [0.3, 0.4) is 0 Å². The van der Waals surface area contributed by atoms with Crippen molar-refractivity contribution in [1.29, 1.82) is 0 Å². The van der Waals surface area contributed by atoms with Gasteiger partial charge in [0.25, 0.3) is 6.47 Å². The summed E-state index contributed by atoms with van der Waals surface area (Å²) in [5.74, 6) is -4.62. The summed E-state index contributed by atoms with van der Waals surface area (Å²) in [6.07, 6.45) is -1.94. The number of rotatable bonds is 10. The molecule has 5 N–H and O–H groups in total. The summed E-state index contributed by atoms with van der Waals surface area (Å²) in [6.45, 7) is 1.25. The molecule has 110 valence electrons. The number of carboxylic acids is 3. The number of nitrogens with one attached hydrogen (secondary N) is 2. The number of hydrogen-bond donors (Lipinski definition) is 5. The zero-order valence-electron chi connectivity index (χ0n) is 10.3. The molecule has 0 heterocycles. The molecule has 0 saturated heterocycles. The third-order valence-electron chi connectivity index (χ3n) is 1.88. The third-order valence-corrected chi connectivity index (χ3v) is 3.50. The van der Waals surface area contributed by atoms with Gasteiger partial charge in [0.15, 0.2) is 6.23 Å². The summed E-state index contributed by atoms with van der Waals surface area (Å²) in [7, 11) is 2.62. The van der Waals surface area contributed by atoms with Crippen molar-refractivity contribution in [1.82, 2.24) is 10.2 Å². The van der Waals surface area contributed by atoms with Crippen LogP contribution in [0.2, 0.25) is 0 Å². The lowest BCUT2D eigenvalue weighted by atomic mass is 10.3. The van der Waals surface area contributed by atoms with Crippen LogP contribution < -0.4 is 10.2 Å². The molecule has 0 spiro atoms. The third kappa shape index (κ3) is 7.02. The number of hydrogen-bond acceptors (Lipinski definition) is 7. The van der Waals surface area contributed by atoms with E-state index >= 15 is 0 Å². The van der Waals surface area contributed by atoms with Gasteiger partial charge in [0.1, 0.15) is 0 Å². The first kappa shape index (κ1) is 18.3. The molecule has 0 fully saturated rings. The molecule has 0 aromatic rings. The van der Waals surface area contributed by atoms with E-state index < -0.39 is 44.0 Å². The molecule has 2 radical (unpaired) electrons. The first-order valence-corrected chi connectivity index (χ1v) is 7.36. The first-order chi connectivity index (χ1) is 9.09. The van der Waals surface area contributed by atoms with Crippen molar-refractivity contribution in [2.24, 2.45) is 0 Å². The van der Waals surface area contributed by atoms with E-state index in [0.29, 0.717) is 0 Å². The highest BCUT2D eigenvalue weighted by molar-refractivity contribution is 7.93. The van der Waals surface area contributed by atoms with E-state index in [2.05, 4.69) is 14.9 Å². The summed E-state index contributed by atoms with van der Waals surface area (Å²) in [5.41, 5.74) is 0. The Morgan fingerprint density at radius 3 is 2.10 bits per heavy atom. The number of ether oxygens (including phenoxy) is 1. The lowest BCUT2D eigenvalue weighted by molar-refractivity contribution is -0.151. The van der Waals surface area contributed by atoms with Crippen molar-refractivity contribution in [2.75, 3.05) is 6.66 Å². The van der Waals surface area contributed by atoms with E-state index in [9.17, 15) is 19.2 Å². The molecule has 2 atom stereocenters. The van der Waals surface area contributed by atoms with Crippen LogP contribution in [0.4, 0.5) is 0 Å². The van der Waals surface area contributed by atoms with Crippen molar-refractivity contribution >= 4 is 39.4 Å². The largest absolute Gasteiger partial charge is 0.481 e. The molecule has 20 heavy (non-hydrogen) atoms. The molecule has 0 aliphatic carbocycles. The van der Waals surface area contributed by atoms with Gasteiger partial charge in [0, 0.05) is 0 Å². The Morgan fingerprint density at radius 1 is 1.25 bits per heavy atom. The van der Waals surface area contributed by atoms with Gasteiger partial charge < -0.3 is 20.1 Å². The minimum atomic E-state index is -3.06. The molecule has 0 rings (SSSR count). The van der Waals surface area contributed by atoms with Crippen LogP contribution in [0.1, 0.15) is 6.42 Å². The number of carboxylic acid groups (broad SMARTS) is 3. The van der Waals surface area contributed by atoms with E-state index in [1.165, 1.54) is 6.66 Å². The van der Waals surface area contributed by atoms with E-state index in [-0.39, 0.29) is 6.47 Å². The van der Waals surface area contributed by atoms with Crippen LogP contribution in [0, 0.1) is 0 Å². The van der Waals surface area contributed by atoms with Crippen molar-refractivity contribution in [3.63, 3.8) is 0 Å². The molecule has 0 aromatic heterocycles. The molecular weight excluding hydrogens is 294 g/mol. The summed E-state index contributed by atoms with van der Waals surface area (Å²) in [6, 6.07) is -1.98. The van der Waals surface area contributed by atoms with Gasteiger partial charge in [-0.2, -0.15) is 10.2 Å². The van der Waals surface area contributed by atoms with Crippen molar-refractivity contribution in [2.45, 2.75) is 18.7 Å². The Morgan fingerprint density at radius 2 is 1.75 bits per heavy atom. The predicted molar refractivity (Wildman–Crippen MR) is 67.1 cm³/mol. The molecule has 10 nitrogen and oxygen atoms in total. The smallest absolute Gasteiger partial charge is 0.408 e. The topological polar surface area (TPSA) is 162 Å². The normalized spacial score (nSPS) is 15.1. The Kier molecular flexibility index (Phi) is 7.12. The van der Waals surface area contributed by atoms with E-state index in [0.717, 1.165) is 0 Å². The fourth-order valence-corrected chi connectivity index (χ4v) is 2.75. The monoisotopic (exact) mass is 307 g/mol. The quantitative estimate of drug-likeness (QED) is 0.103. The summed E-state index contributed by atoms with van der Waals surface area (Å²) in [5, 5.41) is 30.5. The van der Waals surface area contributed by atoms with Crippen molar-refractivity contribution in [3.8, 4) is 0 Å². The van der Waals surface area contributed by atoms with Gasteiger partial charge in [-0.15, -0.1) is 0 Å². The Bertz CT molecular complexity index is 390. The Hall–Kier alpha value is -1.71. The van der Waals surface area contributed by atoms with Crippen LogP contribution >= 0.6 is 7.44 Å². The maximum absolute atomic E-state index is 10.7. The number of carbonyl (C=O) groups is 4. The minimum Gasteiger partial charge on any atom is -0.481 e. The van der Waals surface area contributed by atoms with Crippen molar-refractivity contribution in [3.05, 3.63) is 0 Å². The molecule has 0 saturated carbocycles. The van der Waals surface area contributed by atoms with Crippen LogP contribution in [-0.2, 0) is 23.9 Å². The number of carbonyl (C=O) groups excluding carboxylic acids is 1. The lowest BCUT2D eigenvalue weighted by Gasteiger charge is -2.25. The van der Waals surface area contributed by atoms with E-state index in [1.54, 1.807) is 0 Å². The zero-order valence-corrected chi connectivity index (χ0v) is 11.2. The fraction of sp³-hybridized carbons (Fsp3) is 0.500. The fourth-order valence-electron chi connectivity index (χ4n) is 1.17. The van der Waals surface area contributed by atoms with Crippen LogP contribution in [0.5, 0.6) is 0 Å². The molecule has 2 unspecified atom stereocenters. The average Bonchev–Trinajstić information content (AvgIpc) is 2.24. The molecule has 0 bridgehead atoms. The second-order valence-corrected chi connectivity index (χ2v) is 6.43. The van der Waals surface area contributed by atoms with E-state index in [1.807, 2.05) is 0 Å². The molecular formula is C8H13BN2O8P+. The lowest BCUT2D eigenvalue weighted by Crippen LogP contribution is -2.48. The molecule has 0 aliphatic heterocycles. The minimum absolute atomic E-state index is 0.00746. The van der Waals surface area contributed by atoms with Gasteiger partial charge in [-0.25, -0.2) is 9.59 Å². The van der Waals surface area contributed by atoms with Crippen LogP contribution in [0.15, 0.2) is 0 Å². The molecule has 0 amide bonds. The summed E-state index contributed by atoms with van der Waals surface area (Å²) >= 11 is 0. The molecule has 12 heteroatoms. The molecule has 0 aliphatic rings. The van der Waals surface area contributed by atoms with Gasteiger partial charge >= 0.3 is 25.5 Å². The average molecular weight is 307 g/mol. The Labute approximate surface area is 115 Å². The predicted octanol–water partition coefficient (Wildman–Crippen LogP) is -1.76. The maximum Gasteiger partial charge on any atom is 0.408 e. The standard InChI is InChI=1S/C8H13BN2O8P/c1-20(9,11-6(7(15)16)8(17)18)10-4(19-3-12)2-5(13)14/h3-4,6,10-11H,2H2,1H3,(H,13,14)(H,15,16)(H,17,18)/q+1. The zero-order chi connectivity index (χ0) is 15.9. The summed E-state index contributed by atoms with van der Waals surface area (Å²) in [4.78, 5) is 42.2. The number of aliphatic carboxylic acids is 3. The van der Waals surface area contributed by atoms with Crippen molar-refractivity contribution < 1.29 is 39.2 Å². The second-order valence-electron chi connectivity index (χ2n) is 3.76. The van der Waals surface area contributed by atoms with E-state index in [4.69, 9.17) is 22.9 Å². The van der Waals surface area contributed by atoms with Gasteiger partial charge in [0.05, 0.1) is 20.5 Å². The Balaban J connectivity index is 4.82. The SMILES string of the molecule is [B][P+](C)(NC(CC(=O)O)OC=O)NC(C(=O)O)C(=O)O. The second kappa shape index (κ2) is 7.78. The van der Waals surface area contributed by atoms with Gasteiger partial charge in [-0.1, -0.05) is 0 Å². The van der Waals surface area contributed by atoms with Crippen LogP contribution in [0.25, 0.3) is 0 Å². The first-order valence-electron chi connectivity index (χ1n) is 5.06.